The van der Waals surface area contributed by atoms with E-state index in [1.54, 1.807) is 30.3 Å². The number of aromatic nitrogens is 1. The summed E-state index contributed by atoms with van der Waals surface area (Å²) in [5.74, 6) is -0.503. The van der Waals surface area contributed by atoms with Crippen molar-refractivity contribution >= 4 is 51.8 Å². The van der Waals surface area contributed by atoms with Crippen LogP contribution in [0.4, 0.5) is 5.69 Å². The maximum absolute atomic E-state index is 12.5. The number of aliphatic imine (C=N–C) groups is 1. The zero-order valence-corrected chi connectivity index (χ0v) is 16.4. The van der Waals surface area contributed by atoms with Gasteiger partial charge in [-0.2, -0.15) is 0 Å². The number of fused-ring (bicyclic) bond motifs is 1. The van der Waals surface area contributed by atoms with E-state index in [9.17, 15) is 14.7 Å². The maximum Gasteiger partial charge on any atom is 0.311 e. The number of carbonyl (C=O) groups is 1. The second kappa shape index (κ2) is 7.22. The Balaban J connectivity index is 1.67. The van der Waals surface area contributed by atoms with Crippen LogP contribution in [-0.4, -0.2) is 21.2 Å². The Morgan fingerprint density at radius 2 is 1.93 bits per heavy atom. The van der Waals surface area contributed by atoms with Gasteiger partial charge in [-0.3, -0.25) is 19.1 Å². The first-order chi connectivity index (χ1) is 13.4. The number of allylic oxidation sites excluding steroid dienone is 1. The van der Waals surface area contributed by atoms with Crippen LogP contribution < -0.4 is 4.87 Å². The third-order valence-corrected chi connectivity index (χ3v) is 5.68. The number of carbonyl (C=O) groups excluding carboxylic acids is 1. The second-order valence-corrected chi connectivity index (χ2v) is 7.77. The minimum absolute atomic E-state index is 0.220. The number of hydrogen-bond acceptors (Lipinski definition) is 5. The van der Waals surface area contributed by atoms with Crippen LogP contribution in [0.3, 0.4) is 0 Å². The smallest absolute Gasteiger partial charge is 0.311 e. The predicted molar refractivity (Wildman–Crippen MR) is 113 cm³/mol. The van der Waals surface area contributed by atoms with Crippen LogP contribution >= 0.6 is 22.9 Å². The Hall–Kier alpha value is -2.96. The summed E-state index contributed by atoms with van der Waals surface area (Å²) < 4.78 is 1.08. The van der Waals surface area contributed by atoms with Crippen molar-refractivity contribution in [2.24, 2.45) is 4.99 Å². The van der Waals surface area contributed by atoms with Crippen LogP contribution in [-0.2, 0) is 6.54 Å². The largest absolute Gasteiger partial charge is 0.493 e. The molecule has 1 N–H and O–H groups in total. The number of ketones is 1. The summed E-state index contributed by atoms with van der Waals surface area (Å²) in [7, 11) is 0. The molecule has 0 atom stereocenters. The lowest BCUT2D eigenvalue weighted by atomic mass is 10.0. The fourth-order valence-electron chi connectivity index (χ4n) is 3.07. The molecule has 0 amide bonds. The topological polar surface area (TPSA) is 71.7 Å². The zero-order chi connectivity index (χ0) is 19.8. The Morgan fingerprint density at radius 1 is 1.21 bits per heavy atom. The van der Waals surface area contributed by atoms with Crippen LogP contribution in [0.25, 0.3) is 11.6 Å². The van der Waals surface area contributed by atoms with Gasteiger partial charge in [0.25, 0.3) is 0 Å². The van der Waals surface area contributed by atoms with E-state index < -0.39 is 4.87 Å². The molecule has 0 saturated heterocycles. The van der Waals surface area contributed by atoms with Gasteiger partial charge >= 0.3 is 4.87 Å². The Bertz CT molecular complexity index is 1200. The molecule has 0 aliphatic carbocycles. The highest BCUT2D eigenvalue weighted by Gasteiger charge is 2.21. The predicted octanol–water partition coefficient (Wildman–Crippen LogP) is 4.80. The molecule has 4 rings (SSSR count). The molecule has 0 bridgehead atoms. The number of aromatic hydroxyl groups is 1. The summed E-state index contributed by atoms with van der Waals surface area (Å²) in [6.45, 7) is 1.64. The average Bonchev–Trinajstić information content (AvgIpc) is 3.13. The first-order valence-corrected chi connectivity index (χ1v) is 9.71. The minimum atomic E-state index is -0.396. The number of benzene rings is 2. The maximum atomic E-state index is 12.5. The number of para-hydroxylation sites is 1. The van der Waals surface area contributed by atoms with E-state index >= 15 is 0 Å². The first-order valence-electron chi connectivity index (χ1n) is 8.52. The van der Waals surface area contributed by atoms with E-state index in [4.69, 9.17) is 11.6 Å². The second-order valence-electron chi connectivity index (χ2n) is 6.34. The molecule has 0 fully saturated rings. The molecule has 140 valence electrons. The highest BCUT2D eigenvalue weighted by atomic mass is 35.5. The number of Topliss-reactive ketones (excluding diaryl/α,β-unsaturated/α-hetero) is 1. The summed E-state index contributed by atoms with van der Waals surface area (Å²) in [6, 6.07) is 14.1. The normalized spacial score (nSPS) is 14.2. The van der Waals surface area contributed by atoms with Gasteiger partial charge in [0.1, 0.15) is 0 Å². The lowest BCUT2D eigenvalue weighted by Gasteiger charge is -2.04. The highest BCUT2D eigenvalue weighted by molar-refractivity contribution is 7.10. The van der Waals surface area contributed by atoms with Crippen molar-refractivity contribution < 1.29 is 9.90 Å². The van der Waals surface area contributed by atoms with E-state index in [0.29, 0.717) is 15.5 Å². The highest BCUT2D eigenvalue weighted by Crippen LogP contribution is 2.37. The third-order valence-electron chi connectivity index (χ3n) is 4.51. The Labute approximate surface area is 169 Å². The van der Waals surface area contributed by atoms with Crippen molar-refractivity contribution in [1.82, 2.24) is 4.57 Å². The van der Waals surface area contributed by atoms with E-state index in [-0.39, 0.29) is 18.2 Å². The fourth-order valence-corrected chi connectivity index (χ4v) is 4.02. The zero-order valence-electron chi connectivity index (χ0n) is 14.8. The van der Waals surface area contributed by atoms with Crippen LogP contribution in [0.2, 0.25) is 5.02 Å². The number of rotatable bonds is 4. The molecule has 1 aliphatic rings. The van der Waals surface area contributed by atoms with Crippen LogP contribution in [0.1, 0.15) is 27.7 Å². The van der Waals surface area contributed by atoms with Gasteiger partial charge in [0.05, 0.1) is 17.1 Å². The molecular weight excluding hydrogens is 396 g/mol. The van der Waals surface area contributed by atoms with E-state index in [2.05, 4.69) is 4.99 Å². The molecule has 0 spiro atoms. The Kier molecular flexibility index (Phi) is 4.75. The van der Waals surface area contributed by atoms with Gasteiger partial charge in [-0.25, -0.2) is 0 Å². The van der Waals surface area contributed by atoms with Gasteiger partial charge in [-0.1, -0.05) is 41.1 Å². The van der Waals surface area contributed by atoms with Gasteiger partial charge in [0, 0.05) is 27.4 Å². The minimum Gasteiger partial charge on any atom is -0.493 e. The molecular formula is C21H15ClN2O3S. The van der Waals surface area contributed by atoms with Gasteiger partial charge in [-0.05, 0) is 43.3 Å². The standard InChI is InChI=1S/C21H15ClN2O3S/c1-12-16(15-4-2-3-5-17(15)23-12)10-19-20(26)24(21(27)28-19)11-18(25)13-6-8-14(22)9-7-13/h2-10,26H,11H2,1H3. The van der Waals surface area contributed by atoms with Crippen molar-refractivity contribution in [1.29, 1.82) is 0 Å². The molecule has 2 aromatic carbocycles. The van der Waals surface area contributed by atoms with Crippen molar-refractivity contribution in [3.8, 4) is 5.88 Å². The Morgan fingerprint density at radius 3 is 2.68 bits per heavy atom. The van der Waals surface area contributed by atoms with Gasteiger partial charge in [0.15, 0.2) is 5.78 Å². The van der Waals surface area contributed by atoms with Crippen LogP contribution in [0.15, 0.2) is 58.3 Å². The summed E-state index contributed by atoms with van der Waals surface area (Å²) >= 11 is 6.73. The summed E-state index contributed by atoms with van der Waals surface area (Å²) in [5.41, 5.74) is 3.89. The number of nitrogens with zero attached hydrogens (tertiary/aromatic N) is 2. The molecule has 2 heterocycles. The SMILES string of the molecule is CC1=Nc2ccccc2C1=Cc1sc(=O)n(CC(=O)c2ccc(Cl)cc2)c1O. The molecule has 0 saturated carbocycles. The summed E-state index contributed by atoms with van der Waals surface area (Å²) in [6.07, 6.45) is 1.75. The molecule has 7 heteroatoms. The van der Waals surface area contributed by atoms with E-state index in [0.717, 1.165) is 38.4 Å². The number of hydrogen-bond donors (Lipinski definition) is 1. The van der Waals surface area contributed by atoms with E-state index in [1.807, 2.05) is 31.2 Å². The third kappa shape index (κ3) is 3.32. The fraction of sp³-hybridized carbons (Fsp3) is 0.0952. The van der Waals surface area contributed by atoms with Gasteiger partial charge in [-0.15, -0.1) is 0 Å². The summed E-state index contributed by atoms with van der Waals surface area (Å²) in [4.78, 5) is 29.3. The number of halogens is 1. The van der Waals surface area contributed by atoms with Crippen molar-refractivity contribution in [3.05, 3.63) is 79.2 Å². The van der Waals surface area contributed by atoms with Crippen molar-refractivity contribution in [3.63, 3.8) is 0 Å². The first kappa shape index (κ1) is 18.4. The van der Waals surface area contributed by atoms with Crippen LogP contribution in [0, 0.1) is 0 Å². The lowest BCUT2D eigenvalue weighted by Crippen LogP contribution is -2.18. The van der Waals surface area contributed by atoms with E-state index in [1.165, 1.54) is 0 Å². The van der Waals surface area contributed by atoms with Gasteiger partial charge in [0.2, 0.25) is 5.88 Å². The van der Waals surface area contributed by atoms with Crippen LogP contribution in [0.5, 0.6) is 5.88 Å². The molecule has 0 unspecified atom stereocenters. The molecule has 28 heavy (non-hydrogen) atoms. The molecule has 1 aromatic heterocycles. The molecule has 3 aromatic rings. The average molecular weight is 411 g/mol. The summed E-state index contributed by atoms with van der Waals surface area (Å²) in [5, 5.41) is 11.1. The molecule has 0 radical (unpaired) electrons. The van der Waals surface area contributed by atoms with Crippen molar-refractivity contribution in [2.45, 2.75) is 13.5 Å². The molecule has 1 aliphatic heterocycles. The number of thiazole rings is 1. The quantitative estimate of drug-likeness (QED) is 0.628. The van der Waals surface area contributed by atoms with Crippen molar-refractivity contribution in [2.75, 3.05) is 0 Å². The lowest BCUT2D eigenvalue weighted by molar-refractivity contribution is 0.0968. The molecule has 5 nitrogen and oxygen atoms in total. The monoisotopic (exact) mass is 410 g/mol. The van der Waals surface area contributed by atoms with Gasteiger partial charge < -0.3 is 5.11 Å².